The first-order valence-corrected chi connectivity index (χ1v) is 12.8. The van der Waals surface area contributed by atoms with E-state index in [0.29, 0.717) is 6.10 Å². The predicted molar refractivity (Wildman–Crippen MR) is 66.3 cm³/mol. The van der Waals surface area contributed by atoms with E-state index in [2.05, 4.69) is 19.7 Å². The Hall–Kier alpha value is 0.123. The van der Waals surface area contributed by atoms with Crippen LogP contribution in [0.25, 0.3) is 0 Å². The number of halogens is 1. The van der Waals surface area contributed by atoms with Gasteiger partial charge >= 0.3 is 30.0 Å². The second-order valence-electron chi connectivity index (χ2n) is 3.97. The molecule has 1 nitrogen and oxygen atoms in total. The summed E-state index contributed by atoms with van der Waals surface area (Å²) in [5.74, 6) is 0.996. The van der Waals surface area contributed by atoms with Crippen LogP contribution in [0.1, 0.15) is 38.5 Å². The quantitative estimate of drug-likeness (QED) is 0.442. The minimum Gasteiger partial charge on any atom is -0.516 e. The molecule has 0 atom stereocenters. The fourth-order valence-corrected chi connectivity index (χ4v) is 2.00. The number of hydrogen-bond acceptors (Lipinski definition) is 1. The van der Waals surface area contributed by atoms with Gasteiger partial charge in [-0.3, -0.25) is 0 Å². The molecule has 0 aromatic heterocycles. The maximum atomic E-state index is 5.92. The zero-order chi connectivity index (χ0) is 11.6. The van der Waals surface area contributed by atoms with Crippen LogP contribution in [0.3, 0.4) is 0 Å². The minimum absolute atomic E-state index is 0.444. The summed E-state index contributed by atoms with van der Waals surface area (Å²) in [6.45, 7) is 0. The average Bonchev–Trinajstić information content (AvgIpc) is 2.62. The van der Waals surface area contributed by atoms with E-state index in [0.717, 1.165) is 5.75 Å². The van der Waals surface area contributed by atoms with Crippen LogP contribution in [0.4, 0.5) is 0 Å². The molecule has 2 rings (SSSR count). The third kappa shape index (κ3) is 5.45. The van der Waals surface area contributed by atoms with E-state index < -0.39 is 0 Å². The molecule has 1 aliphatic carbocycles. The van der Waals surface area contributed by atoms with Crippen molar-refractivity contribution in [2.24, 2.45) is 0 Å². The fourth-order valence-electron chi connectivity index (χ4n) is 2.00. The molecule has 1 saturated carbocycles. The van der Waals surface area contributed by atoms with Gasteiger partial charge in [0.05, 0.1) is 6.10 Å². The maximum Gasteiger partial charge on any atom is 0.0955 e. The number of ether oxygens (including phenoxy) is 1. The van der Waals surface area contributed by atoms with E-state index >= 15 is 0 Å². The van der Waals surface area contributed by atoms with Crippen LogP contribution in [-0.4, -0.2) is 6.10 Å². The largest absolute Gasteiger partial charge is 0.516 e. The van der Waals surface area contributed by atoms with E-state index in [1.165, 1.54) is 54.9 Å². The Bertz CT molecular complexity index is 258. The van der Waals surface area contributed by atoms with Crippen molar-refractivity contribution in [2.45, 2.75) is 44.6 Å². The average molecular weight is 335 g/mol. The topological polar surface area (TPSA) is 9.23 Å². The first kappa shape index (κ1) is 14.2. The van der Waals surface area contributed by atoms with Gasteiger partial charge in [-0.2, -0.15) is 18.2 Å². The van der Waals surface area contributed by atoms with Crippen LogP contribution in [0.5, 0.6) is 5.75 Å². The Balaban J connectivity index is 0.000000606. The van der Waals surface area contributed by atoms with Crippen molar-refractivity contribution >= 4 is 13.6 Å². The molecular formula is C13H17BrOZn. The Morgan fingerprint density at radius 1 is 1.06 bits per heavy atom. The summed E-state index contributed by atoms with van der Waals surface area (Å²) in [6, 6.07) is 10.8. The Morgan fingerprint density at radius 2 is 1.62 bits per heavy atom. The predicted octanol–water partition coefficient (Wildman–Crippen LogP) is 4.43. The normalized spacial score (nSPS) is 16.9. The molecule has 3 heteroatoms. The van der Waals surface area contributed by atoms with Crippen molar-refractivity contribution in [1.29, 1.82) is 0 Å². The minimum atomic E-state index is 0.444. The van der Waals surface area contributed by atoms with E-state index in [1.807, 2.05) is 24.3 Å². The van der Waals surface area contributed by atoms with Crippen LogP contribution in [-0.2, 0) is 16.3 Å². The summed E-state index contributed by atoms with van der Waals surface area (Å²) >= 11 is 4.25. The summed E-state index contributed by atoms with van der Waals surface area (Å²) < 4.78 is 5.92. The van der Waals surface area contributed by atoms with Crippen molar-refractivity contribution in [2.75, 3.05) is 0 Å². The van der Waals surface area contributed by atoms with Gasteiger partial charge in [0.1, 0.15) is 0 Å². The van der Waals surface area contributed by atoms with Crippen molar-refractivity contribution in [3.8, 4) is 5.75 Å². The molecule has 0 spiro atoms. The maximum absolute atomic E-state index is 5.92. The van der Waals surface area contributed by atoms with Crippen LogP contribution >= 0.6 is 13.6 Å². The molecule has 0 saturated heterocycles. The Morgan fingerprint density at radius 3 is 2.19 bits per heavy atom. The first-order valence-electron chi connectivity index (χ1n) is 5.84. The zero-order valence-corrected chi connectivity index (χ0v) is 14.2. The first-order chi connectivity index (χ1) is 7.95. The van der Waals surface area contributed by atoms with Gasteiger partial charge in [-0.05, 0) is 25.7 Å². The van der Waals surface area contributed by atoms with Crippen LogP contribution in [0.15, 0.2) is 24.3 Å². The zero-order valence-electron chi connectivity index (χ0n) is 9.62. The van der Waals surface area contributed by atoms with Crippen molar-refractivity contribution in [3.63, 3.8) is 0 Å². The molecule has 84 valence electrons. The van der Waals surface area contributed by atoms with Gasteiger partial charge in [0.25, 0.3) is 0 Å². The van der Waals surface area contributed by atoms with Crippen molar-refractivity contribution < 1.29 is 21.1 Å². The van der Waals surface area contributed by atoms with Crippen molar-refractivity contribution in [3.05, 3.63) is 30.3 Å². The molecule has 1 aliphatic rings. The summed E-state index contributed by atoms with van der Waals surface area (Å²) in [5, 5.41) is 0. The summed E-state index contributed by atoms with van der Waals surface area (Å²) in [5.41, 5.74) is 0. The molecule has 0 aliphatic heterocycles. The smallest absolute Gasteiger partial charge is 0.0955 e. The molecule has 0 heterocycles. The molecule has 1 aromatic carbocycles. The summed E-state index contributed by atoms with van der Waals surface area (Å²) in [7, 11) is 0. The number of hydrogen-bond donors (Lipinski definition) is 0. The molecule has 1 fully saturated rings. The van der Waals surface area contributed by atoms with Gasteiger partial charge in [0.15, 0.2) is 0 Å². The fraction of sp³-hybridized carbons (Fsp3) is 0.538. The second kappa shape index (κ2) is 9.18. The SMILES string of the molecule is [Zn+][Br].[c-]1ccc(OC2CCCCCC2)cc1. The van der Waals surface area contributed by atoms with E-state index in [4.69, 9.17) is 4.74 Å². The Kier molecular flexibility index (Phi) is 8.14. The number of benzene rings is 1. The van der Waals surface area contributed by atoms with Gasteiger partial charge in [-0.15, -0.1) is 12.1 Å². The molecule has 0 N–H and O–H groups in total. The molecule has 0 bridgehead atoms. The van der Waals surface area contributed by atoms with Crippen LogP contribution in [0, 0.1) is 6.07 Å². The third-order valence-electron chi connectivity index (χ3n) is 2.79. The molecule has 0 radical (unpaired) electrons. The van der Waals surface area contributed by atoms with Gasteiger partial charge in [0, 0.05) is 5.75 Å². The molecule has 1 aromatic rings. The summed E-state index contributed by atoms with van der Waals surface area (Å²) in [6.07, 6.45) is 8.29. The van der Waals surface area contributed by atoms with E-state index in [9.17, 15) is 0 Å². The molecule has 16 heavy (non-hydrogen) atoms. The van der Waals surface area contributed by atoms with Gasteiger partial charge in [0.2, 0.25) is 0 Å². The molecular weight excluding hydrogens is 317 g/mol. The second-order valence-corrected chi connectivity index (χ2v) is 3.97. The number of rotatable bonds is 2. The standard InChI is InChI=1S/C13H17O.BrH.Zn/c1-2-5-9-12(8-4-1)14-13-10-6-3-7-11-13;;/h6-7,10-12H,1-2,4-5,8-9H2;1H;/q-1;;+2/p-1. The van der Waals surface area contributed by atoms with Crippen LogP contribution < -0.4 is 4.74 Å². The molecule has 0 amide bonds. The van der Waals surface area contributed by atoms with Crippen molar-refractivity contribution in [1.82, 2.24) is 0 Å². The monoisotopic (exact) mass is 332 g/mol. The molecule has 0 unspecified atom stereocenters. The van der Waals surface area contributed by atoms with Gasteiger partial charge < -0.3 is 4.74 Å². The summed E-state index contributed by atoms with van der Waals surface area (Å²) in [4.78, 5) is 0. The van der Waals surface area contributed by atoms with Gasteiger partial charge in [-0.1, -0.05) is 12.8 Å². The third-order valence-corrected chi connectivity index (χ3v) is 2.79. The Labute approximate surface area is 115 Å². The van der Waals surface area contributed by atoms with E-state index in [1.54, 1.807) is 0 Å². The van der Waals surface area contributed by atoms with Crippen LogP contribution in [0.2, 0.25) is 0 Å². The van der Waals surface area contributed by atoms with E-state index in [-0.39, 0.29) is 0 Å². The van der Waals surface area contributed by atoms with Gasteiger partial charge in [-0.25, -0.2) is 0 Å².